The molecule has 1 saturated carbocycles. The van der Waals surface area contributed by atoms with Crippen LogP contribution in [-0.4, -0.2) is 23.7 Å². The average molecular weight is 347 g/mol. The summed E-state index contributed by atoms with van der Waals surface area (Å²) in [7, 11) is 0. The number of alkyl halides is 2. The van der Waals surface area contributed by atoms with Crippen LogP contribution in [0.1, 0.15) is 36.4 Å². The topological polar surface area (TPSA) is 63.2 Å². The van der Waals surface area contributed by atoms with E-state index in [0.29, 0.717) is 11.5 Å². The minimum absolute atomic E-state index is 0.116. The highest BCUT2D eigenvalue weighted by Gasteiger charge is 2.39. The van der Waals surface area contributed by atoms with Gasteiger partial charge in [0.1, 0.15) is 0 Å². The number of urea groups is 1. The smallest absolute Gasteiger partial charge is 0.388 e. The van der Waals surface area contributed by atoms with Gasteiger partial charge in [0.15, 0.2) is 0 Å². The Balaban J connectivity index is 1.51. The third-order valence-electron chi connectivity index (χ3n) is 4.15. The van der Waals surface area contributed by atoms with Gasteiger partial charge in [0.05, 0.1) is 6.04 Å². The molecule has 1 fully saturated rings. The van der Waals surface area contributed by atoms with E-state index in [0.717, 1.165) is 6.42 Å². The number of benzene rings is 1. The van der Waals surface area contributed by atoms with Gasteiger partial charge >= 0.3 is 12.6 Å². The molecule has 0 unspecified atom stereocenters. The van der Waals surface area contributed by atoms with Crippen molar-refractivity contribution in [1.29, 1.82) is 0 Å². The van der Waals surface area contributed by atoms with E-state index in [1.165, 1.54) is 17.8 Å². The Labute approximate surface area is 144 Å². The molecule has 0 bridgehead atoms. The predicted molar refractivity (Wildman–Crippen MR) is 88.5 cm³/mol. The van der Waals surface area contributed by atoms with Gasteiger partial charge in [0.25, 0.3) is 0 Å². The number of hydrogen-bond donors (Lipinski definition) is 2. The highest BCUT2D eigenvalue weighted by atomic mass is 19.3. The van der Waals surface area contributed by atoms with E-state index in [4.69, 9.17) is 0 Å². The van der Waals surface area contributed by atoms with Gasteiger partial charge in [-0.2, -0.15) is 8.78 Å². The van der Waals surface area contributed by atoms with Gasteiger partial charge < -0.3 is 15.4 Å². The van der Waals surface area contributed by atoms with Gasteiger partial charge in [0, 0.05) is 24.2 Å². The van der Waals surface area contributed by atoms with E-state index in [1.54, 1.807) is 13.0 Å². The van der Waals surface area contributed by atoms with Crippen LogP contribution < -0.4 is 15.4 Å². The molecule has 2 amide bonds. The molecule has 0 spiro atoms. The second kappa shape index (κ2) is 7.46. The van der Waals surface area contributed by atoms with Crippen molar-refractivity contribution < 1.29 is 18.3 Å². The molecule has 2 aromatic rings. The first kappa shape index (κ1) is 17.1. The molecule has 0 radical (unpaired) electrons. The molecule has 25 heavy (non-hydrogen) atoms. The van der Waals surface area contributed by atoms with E-state index >= 15 is 0 Å². The fraction of sp³-hybridized carbons (Fsp3) is 0.333. The number of aromatic nitrogens is 1. The second-order valence-electron chi connectivity index (χ2n) is 6.00. The molecule has 3 atom stereocenters. The number of hydrogen-bond acceptors (Lipinski definition) is 3. The summed E-state index contributed by atoms with van der Waals surface area (Å²) in [5.74, 6) is 0.169. The molecule has 2 N–H and O–H groups in total. The van der Waals surface area contributed by atoms with Gasteiger partial charge in [-0.1, -0.05) is 30.3 Å². The third-order valence-corrected chi connectivity index (χ3v) is 4.15. The largest absolute Gasteiger partial charge is 0.417 e. The SMILES string of the molecule is C[C@H](NC(=O)N[C@@H]1C[C@H]1c1ccccc1)c1ccnc(OC(F)F)c1. The zero-order valence-corrected chi connectivity index (χ0v) is 13.7. The van der Waals surface area contributed by atoms with Gasteiger partial charge in [-0.3, -0.25) is 0 Å². The van der Waals surface area contributed by atoms with Crippen molar-refractivity contribution in [3.63, 3.8) is 0 Å². The lowest BCUT2D eigenvalue weighted by molar-refractivity contribution is -0.0529. The zero-order valence-electron chi connectivity index (χ0n) is 13.7. The quantitative estimate of drug-likeness (QED) is 0.839. The Morgan fingerprint density at radius 1 is 1.28 bits per heavy atom. The number of carbonyl (C=O) groups is 1. The van der Waals surface area contributed by atoms with E-state index < -0.39 is 6.61 Å². The normalized spacial score (nSPS) is 20.0. The van der Waals surface area contributed by atoms with Crippen molar-refractivity contribution in [2.24, 2.45) is 0 Å². The summed E-state index contributed by atoms with van der Waals surface area (Å²) in [6.45, 7) is -1.16. The van der Waals surface area contributed by atoms with Crippen molar-refractivity contribution in [2.75, 3.05) is 0 Å². The molecular formula is C18H19F2N3O2. The first-order valence-electron chi connectivity index (χ1n) is 8.05. The Morgan fingerprint density at radius 3 is 2.76 bits per heavy atom. The first-order valence-corrected chi connectivity index (χ1v) is 8.05. The minimum atomic E-state index is -2.93. The van der Waals surface area contributed by atoms with Crippen LogP contribution in [0.2, 0.25) is 0 Å². The van der Waals surface area contributed by atoms with Crippen molar-refractivity contribution in [2.45, 2.75) is 38.0 Å². The number of amides is 2. The van der Waals surface area contributed by atoms with Gasteiger partial charge in [-0.05, 0) is 30.5 Å². The first-order chi connectivity index (χ1) is 12.0. The summed E-state index contributed by atoms with van der Waals surface area (Å²) in [5, 5.41) is 5.73. The Kier molecular flexibility index (Phi) is 5.11. The molecular weight excluding hydrogens is 328 g/mol. The molecule has 0 aliphatic heterocycles. The van der Waals surface area contributed by atoms with E-state index in [9.17, 15) is 13.6 Å². The van der Waals surface area contributed by atoms with Crippen LogP contribution in [0.4, 0.5) is 13.6 Å². The number of pyridine rings is 1. The highest BCUT2D eigenvalue weighted by molar-refractivity contribution is 5.75. The van der Waals surface area contributed by atoms with Crippen LogP contribution in [-0.2, 0) is 0 Å². The highest BCUT2D eigenvalue weighted by Crippen LogP contribution is 2.40. The van der Waals surface area contributed by atoms with Crippen molar-refractivity contribution in [1.82, 2.24) is 15.6 Å². The summed E-state index contributed by atoms with van der Waals surface area (Å²) < 4.78 is 28.8. The summed E-state index contributed by atoms with van der Waals surface area (Å²) >= 11 is 0. The molecule has 1 aliphatic carbocycles. The molecule has 0 saturated heterocycles. The lowest BCUT2D eigenvalue weighted by Crippen LogP contribution is -2.38. The van der Waals surface area contributed by atoms with Gasteiger partial charge in [-0.25, -0.2) is 9.78 Å². The van der Waals surface area contributed by atoms with Crippen molar-refractivity contribution >= 4 is 6.03 Å². The fourth-order valence-corrected chi connectivity index (χ4v) is 2.76. The molecule has 1 heterocycles. The van der Waals surface area contributed by atoms with Crippen LogP contribution in [0.5, 0.6) is 5.88 Å². The van der Waals surface area contributed by atoms with Crippen molar-refractivity contribution in [3.05, 3.63) is 59.8 Å². The molecule has 3 rings (SSSR count). The maximum absolute atomic E-state index is 12.2. The Hall–Kier alpha value is -2.70. The second-order valence-corrected chi connectivity index (χ2v) is 6.00. The standard InChI is InChI=1S/C18H19F2N3O2/c1-11(13-7-8-21-16(9-13)25-17(19)20)22-18(24)23-15-10-14(15)12-5-3-2-4-6-12/h2-9,11,14-15,17H,10H2,1H3,(H2,22,23,24)/t11-,14-,15+/m0/s1. The number of halogens is 2. The molecule has 1 aromatic heterocycles. The zero-order chi connectivity index (χ0) is 17.8. The molecule has 7 heteroatoms. The lowest BCUT2D eigenvalue weighted by Gasteiger charge is -2.16. The number of nitrogens with one attached hydrogen (secondary N) is 2. The van der Waals surface area contributed by atoms with Crippen LogP contribution in [0.3, 0.4) is 0 Å². The van der Waals surface area contributed by atoms with E-state index in [1.807, 2.05) is 30.3 Å². The monoisotopic (exact) mass is 347 g/mol. The third kappa shape index (κ3) is 4.65. The number of rotatable bonds is 6. The average Bonchev–Trinajstić information content (AvgIpc) is 3.34. The van der Waals surface area contributed by atoms with E-state index in [-0.39, 0.29) is 24.0 Å². The summed E-state index contributed by atoms with van der Waals surface area (Å²) in [4.78, 5) is 15.8. The minimum Gasteiger partial charge on any atom is -0.417 e. The molecule has 132 valence electrons. The summed E-state index contributed by atoms with van der Waals surface area (Å²) in [6, 6.07) is 12.5. The number of ether oxygens (including phenoxy) is 1. The van der Waals surface area contributed by atoms with Gasteiger partial charge in [-0.15, -0.1) is 0 Å². The molecule has 1 aromatic carbocycles. The van der Waals surface area contributed by atoms with Crippen LogP contribution >= 0.6 is 0 Å². The predicted octanol–water partition coefficient (Wildman–Crippen LogP) is 3.60. The Morgan fingerprint density at radius 2 is 2.04 bits per heavy atom. The molecule has 1 aliphatic rings. The maximum Gasteiger partial charge on any atom is 0.388 e. The lowest BCUT2D eigenvalue weighted by atomic mass is 10.1. The van der Waals surface area contributed by atoms with Crippen LogP contribution in [0.15, 0.2) is 48.7 Å². The summed E-state index contributed by atoms with van der Waals surface area (Å²) in [6.07, 6.45) is 2.28. The fourth-order valence-electron chi connectivity index (χ4n) is 2.76. The number of nitrogens with zero attached hydrogens (tertiary/aromatic N) is 1. The summed E-state index contributed by atoms with van der Waals surface area (Å²) in [5.41, 5.74) is 1.85. The van der Waals surface area contributed by atoms with Crippen LogP contribution in [0.25, 0.3) is 0 Å². The maximum atomic E-state index is 12.2. The number of carbonyl (C=O) groups excluding carboxylic acids is 1. The molecule has 5 nitrogen and oxygen atoms in total. The van der Waals surface area contributed by atoms with Crippen LogP contribution in [0, 0.1) is 0 Å². The van der Waals surface area contributed by atoms with Gasteiger partial charge in [0.2, 0.25) is 5.88 Å². The Bertz CT molecular complexity index is 727. The van der Waals surface area contributed by atoms with Crippen molar-refractivity contribution in [3.8, 4) is 5.88 Å². The van der Waals surface area contributed by atoms with E-state index in [2.05, 4.69) is 20.4 Å².